The summed E-state index contributed by atoms with van der Waals surface area (Å²) in [7, 11) is 0. The van der Waals surface area contributed by atoms with Gasteiger partial charge in [-0.15, -0.1) is 12.4 Å². The largest absolute Gasteiger partial charge is 0.350 e. The molecule has 0 radical (unpaired) electrons. The Hall–Kier alpha value is -1.23. The zero-order chi connectivity index (χ0) is 14.6. The van der Waals surface area contributed by atoms with Gasteiger partial charge < -0.3 is 15.6 Å². The van der Waals surface area contributed by atoms with Crippen LogP contribution in [0, 0.1) is 11.8 Å². The number of carbonyl (C=O) groups excluding carboxylic acids is 1. The van der Waals surface area contributed by atoms with Crippen molar-refractivity contribution in [2.45, 2.75) is 18.9 Å². The quantitative estimate of drug-likeness (QED) is 0.838. The molecule has 22 heavy (non-hydrogen) atoms. The molecule has 2 heterocycles. The lowest BCUT2D eigenvalue weighted by atomic mass is 9.98. The van der Waals surface area contributed by atoms with Crippen LogP contribution < -0.4 is 5.73 Å². The van der Waals surface area contributed by atoms with Crippen LogP contribution in [-0.2, 0) is 0 Å². The number of aromatic amines is 1. The van der Waals surface area contributed by atoms with E-state index in [9.17, 15) is 4.79 Å². The molecular weight excluding hydrogens is 321 g/mol. The zero-order valence-electron chi connectivity index (χ0n) is 12.1. The Bertz CT molecular complexity index is 714. The molecule has 3 N–H and O–H groups in total. The van der Waals surface area contributed by atoms with E-state index < -0.39 is 0 Å². The van der Waals surface area contributed by atoms with Crippen LogP contribution in [-0.4, -0.2) is 34.9 Å². The van der Waals surface area contributed by atoms with E-state index in [1.54, 1.807) is 0 Å². The first-order chi connectivity index (χ1) is 10.1. The Kier molecular flexibility index (Phi) is 4.10. The number of aromatic nitrogens is 1. The van der Waals surface area contributed by atoms with Crippen molar-refractivity contribution < 1.29 is 4.79 Å². The molecule has 1 saturated carbocycles. The van der Waals surface area contributed by atoms with E-state index in [4.69, 9.17) is 17.3 Å². The number of H-pyrrole nitrogens is 1. The molecule has 1 aliphatic heterocycles. The number of hydrogen-bond donors (Lipinski definition) is 2. The van der Waals surface area contributed by atoms with Crippen molar-refractivity contribution in [3.05, 3.63) is 35.0 Å². The molecule has 1 amide bonds. The number of rotatable bonds is 1. The summed E-state index contributed by atoms with van der Waals surface area (Å²) in [5.41, 5.74) is 7.68. The molecule has 1 aromatic carbocycles. The van der Waals surface area contributed by atoms with E-state index in [2.05, 4.69) is 4.98 Å². The first-order valence-electron chi connectivity index (χ1n) is 7.45. The summed E-state index contributed by atoms with van der Waals surface area (Å²) in [6.45, 7) is 1.63. The van der Waals surface area contributed by atoms with E-state index >= 15 is 0 Å². The highest BCUT2D eigenvalue weighted by Crippen LogP contribution is 2.37. The van der Waals surface area contributed by atoms with Crippen LogP contribution in [0.3, 0.4) is 0 Å². The Morgan fingerprint density at radius 1 is 1.27 bits per heavy atom. The number of hydrogen-bond acceptors (Lipinski definition) is 2. The Morgan fingerprint density at radius 3 is 2.86 bits per heavy atom. The predicted molar refractivity (Wildman–Crippen MR) is 90.6 cm³/mol. The van der Waals surface area contributed by atoms with Crippen molar-refractivity contribution in [3.8, 4) is 0 Å². The number of likely N-dealkylation sites (tertiary alicyclic amines) is 1. The van der Waals surface area contributed by atoms with E-state index in [1.807, 2.05) is 29.2 Å². The maximum atomic E-state index is 12.7. The molecule has 6 heteroatoms. The maximum absolute atomic E-state index is 12.7. The Labute approximate surface area is 140 Å². The topological polar surface area (TPSA) is 62.1 Å². The van der Waals surface area contributed by atoms with Crippen LogP contribution in [0.15, 0.2) is 24.3 Å². The molecule has 118 valence electrons. The predicted octanol–water partition coefficient (Wildman–Crippen LogP) is 3.05. The van der Waals surface area contributed by atoms with Gasteiger partial charge in [-0.3, -0.25) is 4.79 Å². The number of benzene rings is 1. The molecule has 2 aromatic rings. The van der Waals surface area contributed by atoms with E-state index in [1.165, 1.54) is 0 Å². The summed E-state index contributed by atoms with van der Waals surface area (Å²) in [6.07, 6.45) is 2.25. The second-order valence-corrected chi connectivity index (χ2v) is 6.73. The van der Waals surface area contributed by atoms with Gasteiger partial charge in [0.15, 0.2) is 0 Å². The van der Waals surface area contributed by atoms with Crippen molar-refractivity contribution in [1.82, 2.24) is 9.88 Å². The van der Waals surface area contributed by atoms with Gasteiger partial charge in [-0.05, 0) is 42.9 Å². The van der Waals surface area contributed by atoms with Crippen LogP contribution in [0.5, 0.6) is 0 Å². The van der Waals surface area contributed by atoms with Gasteiger partial charge in [-0.25, -0.2) is 0 Å². The monoisotopic (exact) mass is 339 g/mol. The first-order valence-corrected chi connectivity index (χ1v) is 7.83. The molecule has 2 aliphatic rings. The standard InChI is InChI=1S/C16H18ClN3O.ClH/c17-11-3-1-9-5-15(19-14(9)6-11)16(21)20-7-10-2-4-13(18)12(10)8-20;/h1,3,5-6,10,12-13,19H,2,4,7-8,18H2;1H. The van der Waals surface area contributed by atoms with Crippen molar-refractivity contribution >= 4 is 40.8 Å². The van der Waals surface area contributed by atoms with Gasteiger partial charge in [-0.2, -0.15) is 0 Å². The van der Waals surface area contributed by atoms with E-state index in [-0.39, 0.29) is 24.4 Å². The Balaban J connectivity index is 0.00000144. The highest BCUT2D eigenvalue weighted by atomic mass is 35.5. The van der Waals surface area contributed by atoms with Gasteiger partial charge in [0.05, 0.1) is 0 Å². The lowest BCUT2D eigenvalue weighted by Crippen LogP contribution is -2.33. The second-order valence-electron chi connectivity index (χ2n) is 6.29. The minimum atomic E-state index is 0. The van der Waals surface area contributed by atoms with Crippen molar-refractivity contribution in [3.63, 3.8) is 0 Å². The summed E-state index contributed by atoms with van der Waals surface area (Å²) in [4.78, 5) is 17.8. The summed E-state index contributed by atoms with van der Waals surface area (Å²) in [6, 6.07) is 7.78. The van der Waals surface area contributed by atoms with Crippen LogP contribution in [0.2, 0.25) is 5.02 Å². The summed E-state index contributed by atoms with van der Waals surface area (Å²) in [5, 5.41) is 1.68. The van der Waals surface area contributed by atoms with Gasteiger partial charge in [-0.1, -0.05) is 17.7 Å². The van der Waals surface area contributed by atoms with Crippen molar-refractivity contribution in [2.24, 2.45) is 17.6 Å². The van der Waals surface area contributed by atoms with Crippen LogP contribution in [0.4, 0.5) is 0 Å². The van der Waals surface area contributed by atoms with Crippen molar-refractivity contribution in [1.29, 1.82) is 0 Å². The average Bonchev–Trinajstić information content (AvgIpc) is 3.13. The SMILES string of the molecule is Cl.NC1CCC2CN(C(=O)c3cc4ccc(Cl)cc4[nH]3)CC12. The summed E-state index contributed by atoms with van der Waals surface area (Å²) >= 11 is 5.99. The maximum Gasteiger partial charge on any atom is 0.270 e. The number of amides is 1. The van der Waals surface area contributed by atoms with E-state index in [0.717, 1.165) is 36.8 Å². The number of nitrogens with one attached hydrogen (secondary N) is 1. The van der Waals surface area contributed by atoms with Crippen LogP contribution >= 0.6 is 24.0 Å². The lowest BCUT2D eigenvalue weighted by Gasteiger charge is -2.17. The van der Waals surface area contributed by atoms with Gasteiger partial charge in [0.2, 0.25) is 0 Å². The average molecular weight is 340 g/mol. The third kappa shape index (κ3) is 2.49. The molecule has 3 unspecified atom stereocenters. The first kappa shape index (κ1) is 15.7. The van der Waals surface area contributed by atoms with Gasteiger partial charge in [0, 0.05) is 35.1 Å². The van der Waals surface area contributed by atoms with Crippen LogP contribution in [0.25, 0.3) is 10.9 Å². The van der Waals surface area contributed by atoms with E-state index in [0.29, 0.717) is 22.6 Å². The Morgan fingerprint density at radius 2 is 2.09 bits per heavy atom. The van der Waals surface area contributed by atoms with Gasteiger partial charge in [0.25, 0.3) is 5.91 Å². The highest BCUT2D eigenvalue weighted by molar-refractivity contribution is 6.31. The molecule has 4 nitrogen and oxygen atoms in total. The number of nitrogens with two attached hydrogens (primary N) is 1. The molecule has 0 bridgehead atoms. The molecule has 1 aromatic heterocycles. The van der Waals surface area contributed by atoms with Gasteiger partial charge >= 0.3 is 0 Å². The number of halogens is 2. The molecule has 1 saturated heterocycles. The number of fused-ring (bicyclic) bond motifs is 2. The number of carbonyl (C=O) groups is 1. The normalized spacial score (nSPS) is 27.0. The molecule has 3 atom stereocenters. The van der Waals surface area contributed by atoms with Crippen LogP contribution in [0.1, 0.15) is 23.3 Å². The summed E-state index contributed by atoms with van der Waals surface area (Å²) < 4.78 is 0. The lowest BCUT2D eigenvalue weighted by molar-refractivity contribution is 0.0774. The zero-order valence-corrected chi connectivity index (χ0v) is 13.7. The molecular formula is C16H19Cl2N3O. The smallest absolute Gasteiger partial charge is 0.270 e. The molecule has 2 fully saturated rings. The van der Waals surface area contributed by atoms with Gasteiger partial charge in [0.1, 0.15) is 5.69 Å². The fourth-order valence-electron chi connectivity index (χ4n) is 3.86. The van der Waals surface area contributed by atoms with Crippen molar-refractivity contribution in [2.75, 3.05) is 13.1 Å². The minimum absolute atomic E-state index is 0. The number of nitrogens with zero attached hydrogens (tertiary/aromatic N) is 1. The minimum Gasteiger partial charge on any atom is -0.350 e. The highest BCUT2D eigenvalue weighted by Gasteiger charge is 2.42. The fourth-order valence-corrected chi connectivity index (χ4v) is 4.03. The molecule has 1 aliphatic carbocycles. The fraction of sp³-hybridized carbons (Fsp3) is 0.438. The summed E-state index contributed by atoms with van der Waals surface area (Å²) in [5.74, 6) is 1.14. The third-order valence-electron chi connectivity index (χ3n) is 5.01. The molecule has 4 rings (SSSR count). The second kappa shape index (κ2) is 5.76. The molecule has 0 spiro atoms. The third-order valence-corrected chi connectivity index (χ3v) is 5.25.